The Balaban J connectivity index is 0.00000338. The van der Waals surface area contributed by atoms with Crippen LogP contribution in [0.5, 0.6) is 0 Å². The Hall–Kier alpha value is -1.39. The van der Waals surface area contributed by atoms with Crippen LogP contribution in [-0.4, -0.2) is 64.3 Å². The molecule has 2 rings (SSSR count). The Labute approximate surface area is 173 Å². The first-order chi connectivity index (χ1) is 12.2. The Morgan fingerprint density at radius 1 is 1.35 bits per heavy atom. The summed E-state index contributed by atoms with van der Waals surface area (Å²) in [7, 11) is 1.74. The molecule has 8 nitrogen and oxygen atoms in total. The normalized spacial score (nSPS) is 17.6. The zero-order valence-corrected chi connectivity index (χ0v) is 18.4. The molecule has 1 unspecified atom stereocenters. The highest BCUT2D eigenvalue weighted by Gasteiger charge is 2.22. The van der Waals surface area contributed by atoms with Crippen molar-refractivity contribution in [2.45, 2.75) is 58.5 Å². The van der Waals surface area contributed by atoms with Crippen LogP contribution in [-0.2, 0) is 17.8 Å². The van der Waals surface area contributed by atoms with Crippen molar-refractivity contribution in [2.75, 3.05) is 26.7 Å². The summed E-state index contributed by atoms with van der Waals surface area (Å²) in [6.45, 7) is 7.19. The molecule has 2 heterocycles. The third kappa shape index (κ3) is 6.73. The molecule has 0 spiro atoms. The number of halogens is 1. The van der Waals surface area contributed by atoms with Gasteiger partial charge in [0.05, 0.1) is 0 Å². The zero-order chi connectivity index (χ0) is 18.1. The Morgan fingerprint density at radius 3 is 2.81 bits per heavy atom. The average molecular weight is 477 g/mol. The van der Waals surface area contributed by atoms with Gasteiger partial charge in [-0.2, -0.15) is 0 Å². The minimum Gasteiger partial charge on any atom is -0.356 e. The van der Waals surface area contributed by atoms with Gasteiger partial charge in [0.2, 0.25) is 5.91 Å². The molecule has 1 atom stereocenters. The van der Waals surface area contributed by atoms with Crippen molar-refractivity contribution in [1.29, 1.82) is 0 Å². The Bertz CT molecular complexity index is 575. The molecule has 1 aromatic rings. The first-order valence-corrected chi connectivity index (χ1v) is 9.26. The fourth-order valence-electron chi connectivity index (χ4n) is 3.15. The first-order valence-electron chi connectivity index (χ1n) is 9.26. The third-order valence-corrected chi connectivity index (χ3v) is 4.64. The van der Waals surface area contributed by atoms with Crippen molar-refractivity contribution in [1.82, 2.24) is 30.3 Å². The van der Waals surface area contributed by atoms with Crippen molar-refractivity contribution in [3.8, 4) is 0 Å². The van der Waals surface area contributed by atoms with E-state index in [0.717, 1.165) is 44.7 Å². The van der Waals surface area contributed by atoms with Crippen LogP contribution in [0, 0.1) is 0 Å². The SMILES string of the molecule is CCc1nncn1CCNC(=NC)NCCC(=O)N1CCCCC1C.I. The summed E-state index contributed by atoms with van der Waals surface area (Å²) < 4.78 is 2.03. The lowest BCUT2D eigenvalue weighted by Gasteiger charge is -2.33. The van der Waals surface area contributed by atoms with Gasteiger partial charge in [-0.05, 0) is 26.2 Å². The highest BCUT2D eigenvalue weighted by Crippen LogP contribution is 2.16. The second-order valence-corrected chi connectivity index (χ2v) is 6.40. The summed E-state index contributed by atoms with van der Waals surface area (Å²) in [5, 5.41) is 14.5. The number of amides is 1. The molecule has 9 heteroatoms. The minimum absolute atomic E-state index is 0. The second kappa shape index (κ2) is 12.1. The molecule has 2 N–H and O–H groups in total. The van der Waals surface area contributed by atoms with Gasteiger partial charge in [0.15, 0.2) is 5.96 Å². The van der Waals surface area contributed by atoms with Crippen LogP contribution in [0.1, 0.15) is 45.4 Å². The van der Waals surface area contributed by atoms with Crippen LogP contribution >= 0.6 is 24.0 Å². The van der Waals surface area contributed by atoms with E-state index in [1.165, 1.54) is 6.42 Å². The average Bonchev–Trinajstić information content (AvgIpc) is 3.08. The third-order valence-electron chi connectivity index (χ3n) is 4.64. The molecule has 148 valence electrons. The monoisotopic (exact) mass is 477 g/mol. The van der Waals surface area contributed by atoms with Gasteiger partial charge in [-0.25, -0.2) is 0 Å². The number of piperidine rings is 1. The van der Waals surface area contributed by atoms with Gasteiger partial charge in [0, 0.05) is 52.1 Å². The zero-order valence-electron chi connectivity index (χ0n) is 16.1. The Morgan fingerprint density at radius 2 is 2.12 bits per heavy atom. The number of carbonyl (C=O) groups excluding carboxylic acids is 1. The van der Waals surface area contributed by atoms with Crippen LogP contribution < -0.4 is 10.6 Å². The molecule has 0 aromatic carbocycles. The predicted octanol–water partition coefficient (Wildman–Crippen LogP) is 1.41. The van der Waals surface area contributed by atoms with Crippen LogP contribution in [0.2, 0.25) is 0 Å². The maximum absolute atomic E-state index is 12.3. The van der Waals surface area contributed by atoms with E-state index in [4.69, 9.17) is 0 Å². The number of aryl methyl sites for hydroxylation is 1. The topological polar surface area (TPSA) is 87.4 Å². The summed E-state index contributed by atoms with van der Waals surface area (Å²) in [6, 6.07) is 0.371. The molecular formula is C17H32IN7O. The summed E-state index contributed by atoms with van der Waals surface area (Å²) in [5.41, 5.74) is 0. The van der Waals surface area contributed by atoms with Gasteiger partial charge in [-0.3, -0.25) is 9.79 Å². The number of rotatable bonds is 7. The highest BCUT2D eigenvalue weighted by molar-refractivity contribution is 14.0. The van der Waals surface area contributed by atoms with Crippen molar-refractivity contribution in [3.63, 3.8) is 0 Å². The van der Waals surface area contributed by atoms with Gasteiger partial charge in [-0.1, -0.05) is 6.92 Å². The molecular weight excluding hydrogens is 445 g/mol. The molecule has 1 saturated heterocycles. The molecule has 0 radical (unpaired) electrons. The van der Waals surface area contributed by atoms with Crippen LogP contribution in [0.15, 0.2) is 11.3 Å². The van der Waals surface area contributed by atoms with Gasteiger partial charge in [0.25, 0.3) is 0 Å². The van der Waals surface area contributed by atoms with E-state index < -0.39 is 0 Å². The van der Waals surface area contributed by atoms with Crippen molar-refractivity contribution < 1.29 is 4.79 Å². The number of hydrogen-bond acceptors (Lipinski definition) is 4. The largest absolute Gasteiger partial charge is 0.356 e. The number of hydrogen-bond donors (Lipinski definition) is 2. The summed E-state index contributed by atoms with van der Waals surface area (Å²) in [5.74, 6) is 1.92. The summed E-state index contributed by atoms with van der Waals surface area (Å²) in [4.78, 5) is 18.5. The van der Waals surface area contributed by atoms with E-state index in [1.807, 2.05) is 9.47 Å². The van der Waals surface area contributed by atoms with Crippen LogP contribution in [0.4, 0.5) is 0 Å². The lowest BCUT2D eigenvalue weighted by atomic mass is 10.0. The molecule has 1 aromatic heterocycles. The molecule has 0 bridgehead atoms. The molecule has 1 amide bonds. The van der Waals surface area contributed by atoms with E-state index >= 15 is 0 Å². The highest BCUT2D eigenvalue weighted by atomic mass is 127. The fourth-order valence-corrected chi connectivity index (χ4v) is 3.15. The van der Waals surface area contributed by atoms with Crippen LogP contribution in [0.25, 0.3) is 0 Å². The van der Waals surface area contributed by atoms with Crippen molar-refractivity contribution >= 4 is 35.8 Å². The molecule has 0 saturated carbocycles. The van der Waals surface area contributed by atoms with E-state index in [1.54, 1.807) is 13.4 Å². The van der Waals surface area contributed by atoms with E-state index in [0.29, 0.717) is 25.0 Å². The van der Waals surface area contributed by atoms with Gasteiger partial charge >= 0.3 is 0 Å². The molecule has 26 heavy (non-hydrogen) atoms. The van der Waals surface area contributed by atoms with E-state index in [9.17, 15) is 4.79 Å². The quantitative estimate of drug-likeness (QED) is 0.353. The van der Waals surface area contributed by atoms with Crippen molar-refractivity contribution in [2.24, 2.45) is 4.99 Å². The number of likely N-dealkylation sites (tertiary alicyclic amines) is 1. The molecule has 1 aliphatic heterocycles. The lowest BCUT2D eigenvalue weighted by molar-refractivity contribution is -0.134. The number of nitrogens with one attached hydrogen (secondary N) is 2. The number of nitrogens with zero attached hydrogens (tertiary/aromatic N) is 5. The number of aliphatic imine (C=N–C) groups is 1. The maximum atomic E-state index is 12.3. The fraction of sp³-hybridized carbons (Fsp3) is 0.765. The van der Waals surface area contributed by atoms with E-state index in [2.05, 4.69) is 39.7 Å². The predicted molar refractivity (Wildman–Crippen MR) is 114 cm³/mol. The number of aromatic nitrogens is 3. The summed E-state index contributed by atoms with van der Waals surface area (Å²) >= 11 is 0. The maximum Gasteiger partial charge on any atom is 0.224 e. The van der Waals surface area contributed by atoms with Gasteiger partial charge in [-0.15, -0.1) is 34.2 Å². The van der Waals surface area contributed by atoms with E-state index in [-0.39, 0.29) is 29.9 Å². The number of guanidine groups is 1. The molecule has 1 aliphatic rings. The van der Waals surface area contributed by atoms with Gasteiger partial charge < -0.3 is 20.1 Å². The lowest BCUT2D eigenvalue weighted by Crippen LogP contribution is -2.44. The summed E-state index contributed by atoms with van der Waals surface area (Å²) in [6.07, 6.45) is 6.57. The first kappa shape index (κ1) is 22.7. The molecule has 0 aliphatic carbocycles. The Kier molecular flexibility index (Phi) is 10.5. The van der Waals surface area contributed by atoms with Crippen molar-refractivity contribution in [3.05, 3.63) is 12.2 Å². The number of carbonyl (C=O) groups is 1. The van der Waals surface area contributed by atoms with Gasteiger partial charge in [0.1, 0.15) is 12.2 Å². The molecule has 1 fully saturated rings. The van der Waals surface area contributed by atoms with Crippen LogP contribution in [0.3, 0.4) is 0 Å². The standard InChI is InChI=1S/C17H31N7O.HI/c1-4-15-22-21-13-23(15)12-10-20-17(18-3)19-9-8-16(25)24-11-6-5-7-14(24)2;/h13-14H,4-12H2,1-3H3,(H2,18,19,20);1H. The smallest absolute Gasteiger partial charge is 0.224 e. The minimum atomic E-state index is 0. The second-order valence-electron chi connectivity index (χ2n) is 6.40.